The van der Waals surface area contributed by atoms with Crippen molar-refractivity contribution in [2.75, 3.05) is 18.4 Å². The van der Waals surface area contributed by atoms with Gasteiger partial charge in [-0.05, 0) is 37.5 Å². The van der Waals surface area contributed by atoms with Gasteiger partial charge in [-0.25, -0.2) is 14.4 Å². The second-order valence-corrected chi connectivity index (χ2v) is 5.81. The molecule has 1 fully saturated rings. The van der Waals surface area contributed by atoms with Crippen molar-refractivity contribution in [1.82, 2.24) is 14.9 Å². The third-order valence-electron chi connectivity index (χ3n) is 3.72. The van der Waals surface area contributed by atoms with Crippen LogP contribution >= 0.6 is 11.6 Å². The quantitative estimate of drug-likeness (QED) is 0.931. The Morgan fingerprint density at radius 2 is 1.87 bits per heavy atom. The molecule has 5 nitrogen and oxygen atoms in total. The maximum Gasteiger partial charge on any atom is 0.256 e. The normalized spacial score (nSPS) is 14.6. The average molecular weight is 335 g/mol. The molecule has 0 spiro atoms. The summed E-state index contributed by atoms with van der Waals surface area (Å²) in [5.41, 5.74) is 1.04. The van der Waals surface area contributed by atoms with E-state index in [-0.39, 0.29) is 10.9 Å². The van der Waals surface area contributed by atoms with E-state index < -0.39 is 5.82 Å². The SMILES string of the molecule is O=C(c1cnc(Nc2ccc(F)c(Cl)c2)nc1)N1CCCCC1. The van der Waals surface area contributed by atoms with Crippen LogP contribution in [0.5, 0.6) is 0 Å². The highest BCUT2D eigenvalue weighted by Gasteiger charge is 2.18. The van der Waals surface area contributed by atoms with Crippen LogP contribution in [0.4, 0.5) is 16.0 Å². The van der Waals surface area contributed by atoms with Gasteiger partial charge in [-0.3, -0.25) is 4.79 Å². The summed E-state index contributed by atoms with van der Waals surface area (Å²) in [6.45, 7) is 1.57. The first-order valence-electron chi connectivity index (χ1n) is 7.47. The van der Waals surface area contributed by atoms with Crippen molar-refractivity contribution in [1.29, 1.82) is 0 Å². The van der Waals surface area contributed by atoms with Gasteiger partial charge in [-0.15, -0.1) is 0 Å². The molecule has 23 heavy (non-hydrogen) atoms. The van der Waals surface area contributed by atoms with Crippen molar-refractivity contribution in [2.24, 2.45) is 0 Å². The summed E-state index contributed by atoms with van der Waals surface area (Å²) < 4.78 is 13.1. The van der Waals surface area contributed by atoms with Crippen LogP contribution in [0.25, 0.3) is 0 Å². The van der Waals surface area contributed by atoms with Crippen LogP contribution in [0.1, 0.15) is 29.6 Å². The summed E-state index contributed by atoms with van der Waals surface area (Å²) in [5, 5.41) is 2.94. The smallest absolute Gasteiger partial charge is 0.256 e. The van der Waals surface area contributed by atoms with Gasteiger partial charge in [0.15, 0.2) is 0 Å². The van der Waals surface area contributed by atoms with Crippen molar-refractivity contribution < 1.29 is 9.18 Å². The molecule has 1 aliphatic rings. The van der Waals surface area contributed by atoms with E-state index >= 15 is 0 Å². The Morgan fingerprint density at radius 1 is 1.17 bits per heavy atom. The lowest BCUT2D eigenvalue weighted by Crippen LogP contribution is -2.35. The first-order chi connectivity index (χ1) is 11.1. The number of hydrogen-bond donors (Lipinski definition) is 1. The van der Waals surface area contributed by atoms with E-state index in [1.54, 1.807) is 0 Å². The summed E-state index contributed by atoms with van der Waals surface area (Å²) in [4.78, 5) is 22.4. The molecule has 0 aliphatic carbocycles. The Morgan fingerprint density at radius 3 is 2.52 bits per heavy atom. The fourth-order valence-electron chi connectivity index (χ4n) is 2.49. The van der Waals surface area contributed by atoms with Crippen molar-refractivity contribution in [2.45, 2.75) is 19.3 Å². The number of nitrogens with zero attached hydrogens (tertiary/aromatic N) is 3. The number of piperidine rings is 1. The second-order valence-electron chi connectivity index (χ2n) is 5.40. The van der Waals surface area contributed by atoms with Gasteiger partial charge in [-0.1, -0.05) is 11.6 Å². The third-order valence-corrected chi connectivity index (χ3v) is 4.01. The Balaban J connectivity index is 1.68. The zero-order valence-corrected chi connectivity index (χ0v) is 13.2. The van der Waals surface area contributed by atoms with Crippen LogP contribution in [-0.4, -0.2) is 33.9 Å². The molecule has 3 rings (SSSR count). The number of aromatic nitrogens is 2. The molecular formula is C16H16ClFN4O. The number of anilines is 2. The Hall–Kier alpha value is -2.21. The lowest BCUT2D eigenvalue weighted by Gasteiger charge is -2.26. The molecule has 7 heteroatoms. The first-order valence-corrected chi connectivity index (χ1v) is 7.85. The molecule has 0 saturated carbocycles. The summed E-state index contributed by atoms with van der Waals surface area (Å²) in [6.07, 6.45) is 6.24. The molecule has 0 unspecified atom stereocenters. The fraction of sp³-hybridized carbons (Fsp3) is 0.312. The molecule has 0 bridgehead atoms. The van der Waals surface area contributed by atoms with E-state index in [2.05, 4.69) is 15.3 Å². The molecule has 1 amide bonds. The number of rotatable bonds is 3. The molecule has 0 radical (unpaired) electrons. The maximum absolute atomic E-state index is 13.1. The van der Waals surface area contributed by atoms with Crippen molar-refractivity contribution >= 4 is 29.1 Å². The topological polar surface area (TPSA) is 58.1 Å². The van der Waals surface area contributed by atoms with E-state index in [9.17, 15) is 9.18 Å². The van der Waals surface area contributed by atoms with Crippen LogP contribution < -0.4 is 5.32 Å². The Kier molecular flexibility index (Phi) is 4.71. The zero-order chi connectivity index (χ0) is 16.2. The molecule has 0 atom stereocenters. The predicted octanol–water partition coefficient (Wildman–Crippen LogP) is 3.64. The second kappa shape index (κ2) is 6.91. The summed E-state index contributed by atoms with van der Waals surface area (Å²) in [6, 6.07) is 4.25. The largest absolute Gasteiger partial charge is 0.339 e. The first kappa shape index (κ1) is 15.7. The minimum Gasteiger partial charge on any atom is -0.339 e. The van der Waals surface area contributed by atoms with Crippen molar-refractivity contribution in [3.05, 3.63) is 47.0 Å². The zero-order valence-electron chi connectivity index (χ0n) is 12.4. The number of halogens is 2. The van der Waals surface area contributed by atoms with Gasteiger partial charge >= 0.3 is 0 Å². The molecule has 2 aromatic rings. The highest BCUT2D eigenvalue weighted by atomic mass is 35.5. The highest BCUT2D eigenvalue weighted by Crippen LogP contribution is 2.21. The number of likely N-dealkylation sites (tertiary alicyclic amines) is 1. The van der Waals surface area contributed by atoms with E-state index in [1.807, 2.05) is 4.90 Å². The summed E-state index contributed by atoms with van der Waals surface area (Å²) in [5.74, 6) is -0.204. The Bertz CT molecular complexity index is 702. The van der Waals surface area contributed by atoms with Crippen LogP contribution in [0.3, 0.4) is 0 Å². The average Bonchev–Trinajstić information content (AvgIpc) is 2.59. The van der Waals surface area contributed by atoms with Crippen LogP contribution in [0.15, 0.2) is 30.6 Å². The van der Waals surface area contributed by atoms with Crippen LogP contribution in [0, 0.1) is 5.82 Å². The third kappa shape index (κ3) is 3.76. The van der Waals surface area contributed by atoms with E-state index in [4.69, 9.17) is 11.6 Å². The monoisotopic (exact) mass is 334 g/mol. The molecule has 1 N–H and O–H groups in total. The number of amides is 1. The lowest BCUT2D eigenvalue weighted by molar-refractivity contribution is 0.0723. The van der Waals surface area contributed by atoms with Crippen molar-refractivity contribution in [3.8, 4) is 0 Å². The maximum atomic E-state index is 13.1. The summed E-state index contributed by atoms with van der Waals surface area (Å²) in [7, 11) is 0. The minimum atomic E-state index is -0.486. The van der Waals surface area contributed by atoms with Crippen LogP contribution in [0.2, 0.25) is 5.02 Å². The van der Waals surface area contributed by atoms with Crippen LogP contribution in [-0.2, 0) is 0 Å². The van der Waals surface area contributed by atoms with Gasteiger partial charge in [0.2, 0.25) is 5.95 Å². The Labute approximate surface area is 138 Å². The molecule has 1 aromatic heterocycles. The molecule has 1 saturated heterocycles. The van der Waals surface area contributed by atoms with Gasteiger partial charge in [0.25, 0.3) is 5.91 Å². The summed E-state index contributed by atoms with van der Waals surface area (Å²) >= 11 is 5.73. The van der Waals surface area contributed by atoms with E-state index in [0.717, 1.165) is 25.9 Å². The lowest BCUT2D eigenvalue weighted by atomic mass is 10.1. The molecule has 1 aromatic carbocycles. The van der Waals surface area contributed by atoms with Gasteiger partial charge in [-0.2, -0.15) is 0 Å². The minimum absolute atomic E-state index is 0.0203. The van der Waals surface area contributed by atoms with Gasteiger partial charge < -0.3 is 10.2 Å². The highest BCUT2D eigenvalue weighted by molar-refractivity contribution is 6.31. The number of benzene rings is 1. The number of hydrogen-bond acceptors (Lipinski definition) is 4. The van der Waals surface area contributed by atoms with Gasteiger partial charge in [0.1, 0.15) is 5.82 Å². The van der Waals surface area contributed by atoms with E-state index in [0.29, 0.717) is 17.2 Å². The number of carbonyl (C=O) groups excluding carboxylic acids is 1. The molecular weight excluding hydrogens is 319 g/mol. The predicted molar refractivity (Wildman–Crippen MR) is 86.5 cm³/mol. The molecule has 1 aliphatic heterocycles. The van der Waals surface area contributed by atoms with Gasteiger partial charge in [0, 0.05) is 31.2 Å². The van der Waals surface area contributed by atoms with Crippen molar-refractivity contribution in [3.63, 3.8) is 0 Å². The molecule has 120 valence electrons. The molecule has 2 heterocycles. The van der Waals surface area contributed by atoms with Gasteiger partial charge in [0.05, 0.1) is 10.6 Å². The fourth-order valence-corrected chi connectivity index (χ4v) is 2.67. The number of nitrogens with one attached hydrogen (secondary N) is 1. The standard InChI is InChI=1S/C16H16ClFN4O/c17-13-8-12(4-5-14(13)18)21-16-19-9-11(10-20-16)15(23)22-6-2-1-3-7-22/h4-5,8-10H,1-3,6-7H2,(H,19,20,21). The number of carbonyl (C=O) groups is 1. The van der Waals surface area contributed by atoms with E-state index in [1.165, 1.54) is 37.0 Å².